The summed E-state index contributed by atoms with van der Waals surface area (Å²) in [4.78, 5) is 11.9. The number of rotatable bonds is 2. The molecule has 1 fully saturated rings. The van der Waals surface area contributed by atoms with Crippen LogP contribution in [0, 0.1) is 3.57 Å². The van der Waals surface area contributed by atoms with Gasteiger partial charge in [0.15, 0.2) is 0 Å². The van der Waals surface area contributed by atoms with E-state index in [4.69, 9.17) is 0 Å². The van der Waals surface area contributed by atoms with Crippen LogP contribution in [0.15, 0.2) is 24.3 Å². The highest BCUT2D eigenvalue weighted by atomic mass is 127. The summed E-state index contributed by atoms with van der Waals surface area (Å²) in [6.45, 7) is 0. The number of hydrogen-bond donors (Lipinski definition) is 2. The number of carbonyl (C=O) groups excluding carboxylic acids is 1. The minimum Gasteiger partial charge on any atom is -0.335 e. The lowest BCUT2D eigenvalue weighted by Gasteiger charge is -2.17. The fraction of sp³-hybridized carbons (Fsp3) is 0.500. The number of nitrogens with one attached hydrogen (secondary N) is 2. The predicted octanol–water partition coefficient (Wildman–Crippen LogP) is 4.14. The molecule has 0 aliphatic heterocycles. The quantitative estimate of drug-likeness (QED) is 0.606. The number of urea groups is 1. The third kappa shape index (κ3) is 4.15. The molecule has 2 N–H and O–H groups in total. The molecule has 0 radical (unpaired) electrons. The van der Waals surface area contributed by atoms with Gasteiger partial charge in [-0.25, -0.2) is 4.79 Å². The Hall–Kier alpha value is -0.780. The molecule has 0 aromatic heterocycles. The second kappa shape index (κ2) is 6.97. The monoisotopic (exact) mass is 358 g/mol. The number of anilines is 1. The number of benzene rings is 1. The van der Waals surface area contributed by atoms with Crippen LogP contribution in [-0.4, -0.2) is 12.1 Å². The molecule has 4 heteroatoms. The number of halogens is 1. The Labute approximate surface area is 122 Å². The first kappa shape index (κ1) is 13.6. The molecule has 1 aromatic rings. The molecule has 0 unspecified atom stereocenters. The Morgan fingerprint density at radius 3 is 2.44 bits per heavy atom. The zero-order valence-corrected chi connectivity index (χ0v) is 12.6. The first-order valence-corrected chi connectivity index (χ1v) is 7.65. The molecule has 1 aromatic carbocycles. The molecule has 0 atom stereocenters. The molecule has 2 amide bonds. The standard InChI is InChI=1S/C14H19IN2O/c15-12-9-5-6-10-13(12)17-14(18)16-11-7-3-1-2-4-8-11/h5-6,9-11H,1-4,7-8H2,(H2,16,17,18). The third-order valence-electron chi connectivity index (χ3n) is 3.31. The Morgan fingerprint density at radius 1 is 1.11 bits per heavy atom. The van der Waals surface area contributed by atoms with Gasteiger partial charge in [-0.3, -0.25) is 0 Å². The van der Waals surface area contributed by atoms with E-state index in [1.807, 2.05) is 24.3 Å². The van der Waals surface area contributed by atoms with E-state index in [-0.39, 0.29) is 6.03 Å². The average molecular weight is 358 g/mol. The van der Waals surface area contributed by atoms with Gasteiger partial charge >= 0.3 is 6.03 Å². The van der Waals surface area contributed by atoms with Crippen molar-refractivity contribution in [1.29, 1.82) is 0 Å². The maximum absolute atomic E-state index is 11.9. The van der Waals surface area contributed by atoms with Gasteiger partial charge in [0.1, 0.15) is 0 Å². The molecule has 1 aliphatic rings. The summed E-state index contributed by atoms with van der Waals surface area (Å²) < 4.78 is 1.06. The van der Waals surface area contributed by atoms with E-state index in [0.717, 1.165) is 22.1 Å². The highest BCUT2D eigenvalue weighted by Gasteiger charge is 2.14. The van der Waals surface area contributed by atoms with Crippen molar-refractivity contribution in [3.63, 3.8) is 0 Å². The second-order valence-corrected chi connectivity index (χ2v) is 5.93. The minimum absolute atomic E-state index is 0.0778. The maximum atomic E-state index is 11.9. The lowest BCUT2D eigenvalue weighted by molar-refractivity contribution is 0.247. The van der Waals surface area contributed by atoms with E-state index >= 15 is 0 Å². The second-order valence-electron chi connectivity index (χ2n) is 4.77. The van der Waals surface area contributed by atoms with Crippen molar-refractivity contribution >= 4 is 34.3 Å². The summed E-state index contributed by atoms with van der Waals surface area (Å²) in [5, 5.41) is 6.00. The number of para-hydroxylation sites is 1. The Balaban J connectivity index is 1.86. The van der Waals surface area contributed by atoms with Crippen LogP contribution in [-0.2, 0) is 0 Å². The van der Waals surface area contributed by atoms with Crippen molar-refractivity contribution in [3.05, 3.63) is 27.8 Å². The Morgan fingerprint density at radius 2 is 1.78 bits per heavy atom. The first-order valence-electron chi connectivity index (χ1n) is 6.58. The first-order chi connectivity index (χ1) is 8.75. The summed E-state index contributed by atoms with van der Waals surface area (Å²) in [6, 6.07) is 8.08. The third-order valence-corrected chi connectivity index (χ3v) is 4.25. The Bertz CT molecular complexity index is 401. The zero-order valence-electron chi connectivity index (χ0n) is 10.4. The van der Waals surface area contributed by atoms with Gasteiger partial charge < -0.3 is 10.6 Å². The van der Waals surface area contributed by atoms with Crippen molar-refractivity contribution < 1.29 is 4.79 Å². The van der Waals surface area contributed by atoms with Crippen molar-refractivity contribution in [2.24, 2.45) is 0 Å². The maximum Gasteiger partial charge on any atom is 0.319 e. The van der Waals surface area contributed by atoms with Gasteiger partial charge in [-0.15, -0.1) is 0 Å². The van der Waals surface area contributed by atoms with Crippen LogP contribution in [0.2, 0.25) is 0 Å². The molecular weight excluding hydrogens is 339 g/mol. The van der Waals surface area contributed by atoms with E-state index in [0.29, 0.717) is 6.04 Å². The molecule has 1 saturated carbocycles. The SMILES string of the molecule is O=C(Nc1ccccc1I)NC1CCCCCC1. The van der Waals surface area contributed by atoms with E-state index < -0.39 is 0 Å². The lowest BCUT2D eigenvalue weighted by Crippen LogP contribution is -2.37. The van der Waals surface area contributed by atoms with Crippen molar-refractivity contribution in [3.8, 4) is 0 Å². The van der Waals surface area contributed by atoms with E-state index in [1.54, 1.807) is 0 Å². The average Bonchev–Trinajstić information content (AvgIpc) is 2.61. The predicted molar refractivity (Wildman–Crippen MR) is 82.8 cm³/mol. The van der Waals surface area contributed by atoms with Crippen LogP contribution >= 0.6 is 22.6 Å². The summed E-state index contributed by atoms with van der Waals surface area (Å²) in [5.74, 6) is 0. The van der Waals surface area contributed by atoms with Crippen molar-refractivity contribution in [1.82, 2.24) is 5.32 Å². The lowest BCUT2D eigenvalue weighted by atomic mass is 10.1. The van der Waals surface area contributed by atoms with Gasteiger partial charge in [0.2, 0.25) is 0 Å². The minimum atomic E-state index is -0.0778. The molecule has 18 heavy (non-hydrogen) atoms. The van der Waals surface area contributed by atoms with E-state index in [2.05, 4.69) is 33.2 Å². The molecule has 0 spiro atoms. The largest absolute Gasteiger partial charge is 0.335 e. The molecule has 98 valence electrons. The smallest absolute Gasteiger partial charge is 0.319 e. The van der Waals surface area contributed by atoms with E-state index in [1.165, 1.54) is 25.7 Å². The highest BCUT2D eigenvalue weighted by Crippen LogP contribution is 2.19. The van der Waals surface area contributed by atoms with Crippen LogP contribution in [0.1, 0.15) is 38.5 Å². The topological polar surface area (TPSA) is 41.1 Å². The van der Waals surface area contributed by atoms with Crippen LogP contribution in [0.5, 0.6) is 0 Å². The summed E-state index contributed by atoms with van der Waals surface area (Å²) in [7, 11) is 0. The Kier molecular flexibility index (Phi) is 5.28. The molecule has 2 rings (SSSR count). The fourth-order valence-electron chi connectivity index (χ4n) is 2.33. The van der Waals surface area contributed by atoms with Crippen molar-refractivity contribution in [2.75, 3.05) is 5.32 Å². The fourth-order valence-corrected chi connectivity index (χ4v) is 2.85. The molecule has 0 heterocycles. The summed E-state index contributed by atoms with van der Waals surface area (Å²) in [6.07, 6.45) is 7.28. The molecule has 0 bridgehead atoms. The van der Waals surface area contributed by atoms with Gasteiger partial charge in [0, 0.05) is 9.61 Å². The molecule has 0 saturated heterocycles. The molecule has 3 nitrogen and oxygen atoms in total. The molecular formula is C14H19IN2O. The van der Waals surface area contributed by atoms with Crippen molar-refractivity contribution in [2.45, 2.75) is 44.6 Å². The van der Waals surface area contributed by atoms with Crippen LogP contribution < -0.4 is 10.6 Å². The van der Waals surface area contributed by atoms with Gasteiger partial charge in [-0.2, -0.15) is 0 Å². The zero-order chi connectivity index (χ0) is 12.8. The number of amides is 2. The van der Waals surface area contributed by atoms with Crippen LogP contribution in [0.4, 0.5) is 10.5 Å². The van der Waals surface area contributed by atoms with Crippen LogP contribution in [0.3, 0.4) is 0 Å². The number of carbonyl (C=O) groups is 1. The van der Waals surface area contributed by atoms with Gasteiger partial charge in [0.05, 0.1) is 5.69 Å². The molecule has 1 aliphatic carbocycles. The van der Waals surface area contributed by atoms with Crippen LogP contribution in [0.25, 0.3) is 0 Å². The van der Waals surface area contributed by atoms with Gasteiger partial charge in [-0.05, 0) is 47.6 Å². The normalized spacial score (nSPS) is 16.9. The van der Waals surface area contributed by atoms with Gasteiger partial charge in [0.25, 0.3) is 0 Å². The van der Waals surface area contributed by atoms with E-state index in [9.17, 15) is 4.79 Å². The number of hydrogen-bond acceptors (Lipinski definition) is 1. The summed E-state index contributed by atoms with van der Waals surface area (Å²) >= 11 is 2.23. The summed E-state index contributed by atoms with van der Waals surface area (Å²) in [5.41, 5.74) is 0.879. The van der Waals surface area contributed by atoms with Gasteiger partial charge in [-0.1, -0.05) is 37.8 Å². The highest BCUT2D eigenvalue weighted by molar-refractivity contribution is 14.1.